The molecule has 4 nitrogen and oxygen atoms in total. The molecule has 88 valence electrons. The summed E-state index contributed by atoms with van der Waals surface area (Å²) in [4.78, 5) is 11.4. The molecule has 0 atom stereocenters. The molecule has 0 aliphatic carbocycles. The Balaban J connectivity index is 2.76. The molecule has 0 spiro atoms. The van der Waals surface area contributed by atoms with Crippen LogP contribution in [-0.2, 0) is 5.88 Å². The molecule has 0 aliphatic heterocycles. The number of rotatable bonds is 3. The summed E-state index contributed by atoms with van der Waals surface area (Å²) in [7, 11) is 3.45. The molecule has 0 aliphatic rings. The van der Waals surface area contributed by atoms with E-state index in [1.54, 1.807) is 37.3 Å². The highest BCUT2D eigenvalue weighted by Crippen LogP contribution is 2.22. The number of carbonyl (C=O) groups excluding carboxylic acids is 1. The molecule has 0 saturated heterocycles. The van der Waals surface area contributed by atoms with Crippen LogP contribution in [-0.4, -0.2) is 25.1 Å². The van der Waals surface area contributed by atoms with Gasteiger partial charge in [-0.1, -0.05) is 11.6 Å². The minimum Gasteiger partial charge on any atom is -0.307 e. The van der Waals surface area contributed by atoms with Gasteiger partial charge in [-0.3, -0.25) is 5.43 Å². The predicted molar refractivity (Wildman–Crippen MR) is 66.9 cm³/mol. The average Bonchev–Trinajstić information content (AvgIpc) is 2.19. The van der Waals surface area contributed by atoms with Gasteiger partial charge in [0.25, 0.3) is 0 Å². The number of hydrogen-bond acceptors (Lipinski definition) is 2. The highest BCUT2D eigenvalue weighted by atomic mass is 35.5. The molecule has 6 heteroatoms. The van der Waals surface area contributed by atoms with Gasteiger partial charge in [0.15, 0.2) is 0 Å². The van der Waals surface area contributed by atoms with Gasteiger partial charge in [0, 0.05) is 30.7 Å². The number of hydrogen-bond donors (Lipinski definition) is 2. The fourth-order valence-corrected chi connectivity index (χ4v) is 1.56. The number of nitrogens with one attached hydrogen (secondary N) is 2. The Hall–Kier alpha value is -0.970. The van der Waals surface area contributed by atoms with E-state index in [0.29, 0.717) is 10.7 Å². The second kappa shape index (κ2) is 5.94. The molecule has 0 fully saturated rings. The molecule has 2 amide bonds. The van der Waals surface area contributed by atoms with E-state index in [1.807, 2.05) is 0 Å². The molecule has 1 aromatic rings. The van der Waals surface area contributed by atoms with Crippen LogP contribution in [0.25, 0.3) is 0 Å². The third-order valence-electron chi connectivity index (χ3n) is 1.78. The monoisotopic (exact) mass is 261 g/mol. The smallest absolute Gasteiger partial charge is 0.307 e. The van der Waals surface area contributed by atoms with Crippen LogP contribution in [0.15, 0.2) is 18.2 Å². The van der Waals surface area contributed by atoms with E-state index in [1.165, 1.54) is 0 Å². The van der Waals surface area contributed by atoms with Gasteiger partial charge in [-0.05, 0) is 23.8 Å². The summed E-state index contributed by atoms with van der Waals surface area (Å²) in [5.74, 6) is 0.290. The Morgan fingerprint density at radius 2 is 2.12 bits per heavy atom. The van der Waals surface area contributed by atoms with Crippen molar-refractivity contribution >= 4 is 34.9 Å². The average molecular weight is 262 g/mol. The number of hydrazine groups is 1. The Kier molecular flexibility index (Phi) is 4.86. The van der Waals surface area contributed by atoms with Crippen molar-refractivity contribution in [3.8, 4) is 0 Å². The molecule has 2 N–H and O–H groups in total. The Labute approximate surface area is 104 Å². The number of halogens is 2. The molecule has 1 rings (SSSR count). The number of amides is 2. The summed E-state index contributed by atoms with van der Waals surface area (Å²) < 4.78 is 0. The number of carbonyl (C=O) groups is 1. The van der Waals surface area contributed by atoms with Crippen LogP contribution in [0.2, 0.25) is 5.02 Å². The number of alkyl halides is 1. The van der Waals surface area contributed by atoms with Crippen LogP contribution >= 0.6 is 23.2 Å². The van der Waals surface area contributed by atoms with Crippen molar-refractivity contribution in [3.63, 3.8) is 0 Å². The molecule has 0 saturated carbocycles. The topological polar surface area (TPSA) is 44.4 Å². The van der Waals surface area contributed by atoms with E-state index in [4.69, 9.17) is 23.2 Å². The van der Waals surface area contributed by atoms with E-state index >= 15 is 0 Å². The van der Waals surface area contributed by atoms with Crippen molar-refractivity contribution < 1.29 is 4.79 Å². The summed E-state index contributed by atoms with van der Waals surface area (Å²) >= 11 is 11.6. The number of nitrogens with zero attached hydrogens (tertiary/aromatic N) is 1. The van der Waals surface area contributed by atoms with E-state index in [-0.39, 0.29) is 11.9 Å². The summed E-state index contributed by atoms with van der Waals surface area (Å²) in [5.41, 5.74) is 4.00. The zero-order valence-electron chi connectivity index (χ0n) is 9.05. The first-order chi connectivity index (χ1) is 7.52. The van der Waals surface area contributed by atoms with E-state index in [2.05, 4.69) is 10.7 Å². The molecule has 1 aromatic carbocycles. The van der Waals surface area contributed by atoms with Gasteiger partial charge in [-0.25, -0.2) is 9.80 Å². The third-order valence-corrected chi connectivity index (χ3v) is 2.31. The van der Waals surface area contributed by atoms with Crippen molar-refractivity contribution in [2.75, 3.05) is 19.4 Å². The molecular weight excluding hydrogens is 249 g/mol. The molecule has 0 aromatic heterocycles. The molecule has 16 heavy (non-hydrogen) atoms. The maximum atomic E-state index is 11.4. The lowest BCUT2D eigenvalue weighted by molar-refractivity contribution is 0.224. The predicted octanol–water partition coefficient (Wildman–Crippen LogP) is 2.68. The largest absolute Gasteiger partial charge is 0.333 e. The first-order valence-electron chi connectivity index (χ1n) is 4.62. The quantitative estimate of drug-likeness (QED) is 0.649. The summed E-state index contributed by atoms with van der Waals surface area (Å²) in [6, 6.07) is 4.82. The summed E-state index contributed by atoms with van der Waals surface area (Å²) in [5, 5.41) is 4.82. The summed E-state index contributed by atoms with van der Waals surface area (Å²) in [6.07, 6.45) is 0. The van der Waals surface area contributed by atoms with Crippen LogP contribution in [0.1, 0.15) is 5.56 Å². The standard InChI is InChI=1S/C10H13Cl2N3O/c1-15(2)14-10(16)13-9-4-3-8(12)5-7(9)6-11/h3-5H,6H2,1-2H3,(H2,13,14,16). The van der Waals surface area contributed by atoms with Crippen LogP contribution in [0.5, 0.6) is 0 Å². The Morgan fingerprint density at radius 3 is 2.69 bits per heavy atom. The van der Waals surface area contributed by atoms with E-state index in [9.17, 15) is 4.79 Å². The Morgan fingerprint density at radius 1 is 1.44 bits per heavy atom. The summed E-state index contributed by atoms with van der Waals surface area (Å²) in [6.45, 7) is 0. The van der Waals surface area contributed by atoms with Gasteiger partial charge in [-0.2, -0.15) is 0 Å². The second-order valence-corrected chi connectivity index (χ2v) is 4.10. The van der Waals surface area contributed by atoms with Crippen molar-refractivity contribution in [3.05, 3.63) is 28.8 Å². The van der Waals surface area contributed by atoms with Gasteiger partial charge in [-0.15, -0.1) is 11.6 Å². The molecule has 0 bridgehead atoms. The first-order valence-corrected chi connectivity index (χ1v) is 5.53. The normalized spacial score (nSPS) is 10.3. The van der Waals surface area contributed by atoms with E-state index < -0.39 is 0 Å². The fourth-order valence-electron chi connectivity index (χ4n) is 1.15. The third kappa shape index (κ3) is 3.89. The zero-order chi connectivity index (χ0) is 12.1. The molecule has 0 radical (unpaired) electrons. The van der Waals surface area contributed by atoms with Gasteiger partial charge in [0.05, 0.1) is 0 Å². The molecule has 0 heterocycles. The second-order valence-electron chi connectivity index (χ2n) is 3.40. The number of benzene rings is 1. The van der Waals surface area contributed by atoms with Gasteiger partial charge >= 0.3 is 6.03 Å². The lowest BCUT2D eigenvalue weighted by Crippen LogP contribution is -2.39. The van der Waals surface area contributed by atoms with Crippen LogP contribution in [0.4, 0.5) is 10.5 Å². The van der Waals surface area contributed by atoms with Crippen LogP contribution < -0.4 is 10.7 Å². The molecule has 0 unspecified atom stereocenters. The van der Waals surface area contributed by atoms with Crippen molar-refractivity contribution in [1.82, 2.24) is 10.4 Å². The lowest BCUT2D eigenvalue weighted by Gasteiger charge is -2.14. The minimum absolute atomic E-state index is 0.290. The Bertz CT molecular complexity index is 382. The molecular formula is C10H13Cl2N3O. The maximum absolute atomic E-state index is 11.4. The highest BCUT2D eigenvalue weighted by Gasteiger charge is 2.06. The number of urea groups is 1. The minimum atomic E-state index is -0.321. The van der Waals surface area contributed by atoms with Gasteiger partial charge in [0.2, 0.25) is 0 Å². The van der Waals surface area contributed by atoms with Gasteiger partial charge < -0.3 is 5.32 Å². The fraction of sp³-hybridized carbons (Fsp3) is 0.300. The zero-order valence-corrected chi connectivity index (χ0v) is 10.6. The van der Waals surface area contributed by atoms with Crippen molar-refractivity contribution in [2.45, 2.75) is 5.88 Å². The highest BCUT2D eigenvalue weighted by molar-refractivity contribution is 6.31. The SMILES string of the molecule is CN(C)NC(=O)Nc1ccc(Cl)cc1CCl. The van der Waals surface area contributed by atoms with Crippen molar-refractivity contribution in [2.24, 2.45) is 0 Å². The van der Waals surface area contributed by atoms with Crippen molar-refractivity contribution in [1.29, 1.82) is 0 Å². The number of anilines is 1. The maximum Gasteiger partial charge on any atom is 0.333 e. The van der Waals surface area contributed by atoms with Crippen LogP contribution in [0, 0.1) is 0 Å². The lowest BCUT2D eigenvalue weighted by atomic mass is 10.2. The first kappa shape index (κ1) is 13.1. The van der Waals surface area contributed by atoms with Crippen LogP contribution in [0.3, 0.4) is 0 Å². The van der Waals surface area contributed by atoms with Gasteiger partial charge in [0.1, 0.15) is 0 Å². The van der Waals surface area contributed by atoms with E-state index in [0.717, 1.165) is 5.56 Å².